The molecule has 0 aliphatic heterocycles. The van der Waals surface area contributed by atoms with Gasteiger partial charge in [-0.3, -0.25) is 0 Å². The molecule has 0 aliphatic rings. The fourth-order valence-corrected chi connectivity index (χ4v) is 1.20. The smallest absolute Gasteiger partial charge is 1.00 e. The van der Waals surface area contributed by atoms with Gasteiger partial charge in [-0.1, -0.05) is 27.7 Å². The molecule has 0 amide bonds. The van der Waals surface area contributed by atoms with E-state index < -0.39 is 0 Å². The Bertz CT molecular complexity index is 317. The van der Waals surface area contributed by atoms with E-state index in [1.54, 1.807) is 0 Å². The maximum absolute atomic E-state index is 2.12. The summed E-state index contributed by atoms with van der Waals surface area (Å²) in [6.45, 7) is 8.48. The molecule has 0 saturated heterocycles. The van der Waals surface area contributed by atoms with Gasteiger partial charge in [-0.05, 0) is 0 Å². The van der Waals surface area contributed by atoms with Crippen LogP contribution in [0.3, 0.4) is 0 Å². The Kier molecular flexibility index (Phi) is 14.8. The zero-order chi connectivity index (χ0) is 10.6. The largest absolute Gasteiger partial charge is 4.00 e. The van der Waals surface area contributed by atoms with Crippen LogP contribution in [-0.4, -0.2) is 0 Å². The molecule has 0 bridgehead atoms. The van der Waals surface area contributed by atoms with Gasteiger partial charge >= 0.3 is 26.2 Å². The van der Waals surface area contributed by atoms with Gasteiger partial charge < -0.3 is 24.8 Å². The van der Waals surface area contributed by atoms with E-state index in [4.69, 9.17) is 0 Å². The second kappa shape index (κ2) is 11.3. The summed E-state index contributed by atoms with van der Waals surface area (Å²) in [6, 6.07) is 12.6. The summed E-state index contributed by atoms with van der Waals surface area (Å²) in [7, 11) is 0. The number of hydrogen-bond donors (Lipinski definition) is 0. The normalized spacial score (nSPS) is 7.76. The number of hydrogen-bond acceptors (Lipinski definition) is 0. The third-order valence-electron chi connectivity index (χ3n) is 2.63. The predicted octanol–water partition coefficient (Wildman–Crippen LogP) is -1.95. The minimum atomic E-state index is 0. The van der Waals surface area contributed by atoms with Gasteiger partial charge in [0.1, 0.15) is 0 Å². The zero-order valence-electron chi connectivity index (χ0n) is 10.7. The van der Waals surface area contributed by atoms with Crippen molar-refractivity contribution in [3.63, 3.8) is 0 Å². The predicted molar refractivity (Wildman–Crippen MR) is 63.0 cm³/mol. The maximum Gasteiger partial charge on any atom is 4.00 e. The maximum atomic E-state index is 2.12. The van der Waals surface area contributed by atoms with E-state index in [2.05, 4.69) is 64.1 Å². The van der Waals surface area contributed by atoms with Gasteiger partial charge in [0.05, 0.1) is 0 Å². The molecule has 2 rings (SSSR count). The summed E-state index contributed by atoms with van der Waals surface area (Å²) >= 11 is 0. The van der Waals surface area contributed by atoms with Crippen LogP contribution in [0, 0.1) is 27.7 Å². The molecule has 0 aromatic heterocycles. The summed E-state index contributed by atoms with van der Waals surface area (Å²) in [5.41, 5.74) is 5.56. The molecule has 0 unspecified atom stereocenters. The van der Waals surface area contributed by atoms with Crippen molar-refractivity contribution < 1.29 is 51.0 Å². The molecule has 17 heavy (non-hydrogen) atoms. The molecule has 0 radical (unpaired) electrons. The monoisotopic (exact) mass is 346 g/mol. The van der Waals surface area contributed by atoms with E-state index in [1.807, 2.05) is 0 Å². The molecule has 0 N–H and O–H groups in total. The van der Waals surface area contributed by atoms with Crippen LogP contribution >= 0.6 is 0 Å². The molecule has 0 nitrogen and oxygen atoms in total. The van der Waals surface area contributed by atoms with Crippen molar-refractivity contribution in [2.24, 2.45) is 0 Å². The number of rotatable bonds is 0. The first-order chi connectivity index (χ1) is 6.61. The van der Waals surface area contributed by atoms with Crippen LogP contribution in [-0.2, 0) is 26.2 Å². The van der Waals surface area contributed by atoms with Crippen LogP contribution in [0.5, 0.6) is 0 Å². The van der Waals surface area contributed by atoms with Gasteiger partial charge in [0.15, 0.2) is 0 Å². The summed E-state index contributed by atoms with van der Waals surface area (Å²) in [6.07, 6.45) is 0. The zero-order valence-corrected chi connectivity index (χ0v) is 14.7. The molecule has 0 atom stereocenters. The summed E-state index contributed by atoms with van der Waals surface area (Å²) in [5, 5.41) is 0. The Labute approximate surface area is 136 Å². The number of aryl methyl sites for hydroxylation is 4. The summed E-state index contributed by atoms with van der Waals surface area (Å²) in [5.74, 6) is 0. The van der Waals surface area contributed by atoms with Crippen molar-refractivity contribution in [3.05, 3.63) is 58.7 Å². The second-order valence-electron chi connectivity index (χ2n) is 3.78. The van der Waals surface area contributed by atoms with Crippen LogP contribution < -0.4 is 24.8 Å². The standard InChI is InChI=1S/2C7H9.2ClH.Zr/c2*1-6-4-3-5-7(6)2;;;/h2*3-5H,1-2H3;2*1H;/q2*-1;;;+4/p-2. The molecular formula is C14H18Cl2Zr. The topological polar surface area (TPSA) is 0 Å². The Morgan fingerprint density at radius 2 is 1.06 bits per heavy atom. The number of halogens is 2. The van der Waals surface area contributed by atoms with E-state index in [9.17, 15) is 0 Å². The Morgan fingerprint density at radius 3 is 1.12 bits per heavy atom. The minimum absolute atomic E-state index is 0. The molecule has 2 aromatic carbocycles. The van der Waals surface area contributed by atoms with Crippen molar-refractivity contribution in [2.45, 2.75) is 27.7 Å². The van der Waals surface area contributed by atoms with Crippen LogP contribution in [0.15, 0.2) is 36.4 Å². The first kappa shape index (κ1) is 22.4. The van der Waals surface area contributed by atoms with Crippen LogP contribution in [0.4, 0.5) is 0 Å². The van der Waals surface area contributed by atoms with Gasteiger partial charge in [-0.2, -0.15) is 34.4 Å². The van der Waals surface area contributed by atoms with Crippen LogP contribution in [0.1, 0.15) is 22.3 Å². The second-order valence-corrected chi connectivity index (χ2v) is 3.78. The van der Waals surface area contributed by atoms with Gasteiger partial charge in [0.2, 0.25) is 0 Å². The van der Waals surface area contributed by atoms with E-state index >= 15 is 0 Å². The third-order valence-corrected chi connectivity index (χ3v) is 2.63. The SMILES string of the molecule is Cc1ccc[c-]1C.Cc1ccc[c-]1C.[Cl-].[Cl-].[Zr+4]. The quantitative estimate of drug-likeness (QED) is 0.486. The van der Waals surface area contributed by atoms with E-state index in [-0.39, 0.29) is 51.0 Å². The molecule has 0 spiro atoms. The van der Waals surface area contributed by atoms with Crippen molar-refractivity contribution in [1.82, 2.24) is 0 Å². The fourth-order valence-electron chi connectivity index (χ4n) is 1.20. The first-order valence-corrected chi connectivity index (χ1v) is 4.99. The summed E-state index contributed by atoms with van der Waals surface area (Å²) in [4.78, 5) is 0. The Balaban J connectivity index is -0.000000196. The molecule has 3 heteroatoms. The molecule has 0 heterocycles. The molecular weight excluding hydrogens is 330 g/mol. The molecule has 0 aliphatic carbocycles. The van der Waals surface area contributed by atoms with Crippen LogP contribution in [0.25, 0.3) is 0 Å². The summed E-state index contributed by atoms with van der Waals surface area (Å²) < 4.78 is 0. The van der Waals surface area contributed by atoms with Crippen molar-refractivity contribution in [2.75, 3.05) is 0 Å². The van der Waals surface area contributed by atoms with E-state index in [0.717, 1.165) is 0 Å². The van der Waals surface area contributed by atoms with Crippen molar-refractivity contribution >= 4 is 0 Å². The van der Waals surface area contributed by atoms with Crippen LogP contribution in [0.2, 0.25) is 0 Å². The van der Waals surface area contributed by atoms with Gasteiger partial charge in [-0.15, -0.1) is 0 Å². The Morgan fingerprint density at radius 1 is 0.765 bits per heavy atom. The molecule has 92 valence electrons. The average molecular weight is 348 g/mol. The van der Waals surface area contributed by atoms with E-state index in [1.165, 1.54) is 22.3 Å². The molecule has 2 aromatic rings. The fraction of sp³-hybridized carbons (Fsp3) is 0.286. The van der Waals surface area contributed by atoms with E-state index in [0.29, 0.717) is 0 Å². The average Bonchev–Trinajstić information content (AvgIpc) is 2.67. The van der Waals surface area contributed by atoms with Gasteiger partial charge in [0, 0.05) is 0 Å². The van der Waals surface area contributed by atoms with Gasteiger partial charge in [-0.25, -0.2) is 24.3 Å². The Hall–Kier alpha value is 0.163. The minimum Gasteiger partial charge on any atom is -1.00 e. The molecule has 0 saturated carbocycles. The van der Waals surface area contributed by atoms with Crippen molar-refractivity contribution in [1.29, 1.82) is 0 Å². The van der Waals surface area contributed by atoms with Gasteiger partial charge in [0.25, 0.3) is 0 Å². The molecule has 0 fully saturated rings. The van der Waals surface area contributed by atoms with Crippen molar-refractivity contribution in [3.8, 4) is 0 Å². The first-order valence-electron chi connectivity index (χ1n) is 4.99. The third kappa shape index (κ3) is 7.97.